The van der Waals surface area contributed by atoms with Crippen LogP contribution in [0.15, 0.2) is 18.2 Å². The summed E-state index contributed by atoms with van der Waals surface area (Å²) in [5.74, 6) is -0.153. The second kappa shape index (κ2) is 7.04. The number of para-hydroxylation sites is 1. The maximum atomic E-state index is 14.3. The van der Waals surface area contributed by atoms with Crippen LogP contribution in [0.2, 0.25) is 0 Å². The lowest BCUT2D eigenvalue weighted by Crippen LogP contribution is -2.45. The van der Waals surface area contributed by atoms with Gasteiger partial charge in [0, 0.05) is 32.7 Å². The summed E-state index contributed by atoms with van der Waals surface area (Å²) in [7, 11) is 0. The number of rotatable bonds is 3. The lowest BCUT2D eigenvalue weighted by molar-refractivity contribution is 0.0773. The first-order chi connectivity index (χ1) is 11.1. The number of anilines is 1. The molecule has 7 heteroatoms. The molecule has 1 atom stereocenters. The van der Waals surface area contributed by atoms with Crippen molar-refractivity contribution in [1.29, 1.82) is 0 Å². The van der Waals surface area contributed by atoms with Gasteiger partial charge in [-0.3, -0.25) is 0 Å². The Morgan fingerprint density at radius 2 is 2.09 bits per heavy atom. The summed E-state index contributed by atoms with van der Waals surface area (Å²) in [6, 6.07) is 4.93. The van der Waals surface area contributed by atoms with Crippen LogP contribution in [-0.4, -0.2) is 61.5 Å². The largest absolute Gasteiger partial charge is 0.483 e. The van der Waals surface area contributed by atoms with Crippen LogP contribution in [-0.2, 0) is 0 Å². The smallest absolute Gasteiger partial charge is 0.407 e. The maximum Gasteiger partial charge on any atom is 0.407 e. The minimum Gasteiger partial charge on any atom is -0.483 e. The van der Waals surface area contributed by atoms with Crippen molar-refractivity contribution in [3.8, 4) is 5.75 Å². The summed E-state index contributed by atoms with van der Waals surface area (Å²) in [6.45, 7) is 4.09. The van der Waals surface area contributed by atoms with Crippen molar-refractivity contribution in [2.24, 2.45) is 0 Å². The van der Waals surface area contributed by atoms with Gasteiger partial charge in [0.05, 0.1) is 12.2 Å². The Kier molecular flexibility index (Phi) is 4.85. The van der Waals surface area contributed by atoms with Crippen molar-refractivity contribution < 1.29 is 19.0 Å². The number of piperazine rings is 1. The van der Waals surface area contributed by atoms with E-state index < -0.39 is 11.9 Å². The number of amides is 1. The van der Waals surface area contributed by atoms with E-state index in [1.165, 1.54) is 11.0 Å². The fraction of sp³-hybridized carbons (Fsp3) is 0.562. The summed E-state index contributed by atoms with van der Waals surface area (Å²) < 4.78 is 20.2. The highest BCUT2D eigenvalue weighted by molar-refractivity contribution is 5.65. The number of hydrogen-bond donors (Lipinski definition) is 2. The minimum atomic E-state index is -0.950. The lowest BCUT2D eigenvalue weighted by Gasteiger charge is -2.34. The van der Waals surface area contributed by atoms with E-state index in [1.807, 2.05) is 6.07 Å². The number of ether oxygens (including phenoxy) is 1. The number of carbonyl (C=O) groups is 1. The van der Waals surface area contributed by atoms with E-state index in [0.29, 0.717) is 6.54 Å². The molecule has 126 valence electrons. The Hall–Kier alpha value is -2.02. The Balaban J connectivity index is 1.77. The molecule has 1 aromatic carbocycles. The molecule has 2 heterocycles. The highest BCUT2D eigenvalue weighted by Gasteiger charge is 2.27. The van der Waals surface area contributed by atoms with Crippen LogP contribution in [0, 0.1) is 5.82 Å². The second-order valence-corrected chi connectivity index (χ2v) is 5.94. The number of nitrogens with one attached hydrogen (secondary N) is 1. The van der Waals surface area contributed by atoms with Crippen molar-refractivity contribution in [3.05, 3.63) is 24.0 Å². The van der Waals surface area contributed by atoms with Crippen molar-refractivity contribution in [2.45, 2.75) is 18.9 Å². The number of carboxylic acid groups (broad SMARTS) is 1. The maximum absolute atomic E-state index is 14.3. The molecule has 2 N–H and O–H groups in total. The monoisotopic (exact) mass is 323 g/mol. The van der Waals surface area contributed by atoms with Gasteiger partial charge in [-0.25, -0.2) is 9.18 Å². The van der Waals surface area contributed by atoms with Gasteiger partial charge in [0.1, 0.15) is 6.10 Å². The topological polar surface area (TPSA) is 65.0 Å². The molecule has 2 fully saturated rings. The standard InChI is InChI=1S/C16H22FN3O3/c17-13-4-1-5-14(19-9-6-18-7-10-19)15(13)23-12-3-2-8-20(11-12)16(21)22/h1,4-5,12,18H,2-3,6-11H2,(H,21,22). The van der Waals surface area contributed by atoms with E-state index in [-0.39, 0.29) is 18.4 Å². The molecule has 23 heavy (non-hydrogen) atoms. The van der Waals surface area contributed by atoms with Crippen molar-refractivity contribution in [3.63, 3.8) is 0 Å². The van der Waals surface area contributed by atoms with E-state index in [4.69, 9.17) is 9.84 Å². The van der Waals surface area contributed by atoms with Crippen LogP contribution < -0.4 is 15.0 Å². The van der Waals surface area contributed by atoms with Gasteiger partial charge in [-0.05, 0) is 25.0 Å². The molecule has 0 aromatic heterocycles. The summed E-state index contributed by atoms with van der Waals surface area (Å²) in [6.07, 6.45) is 0.209. The van der Waals surface area contributed by atoms with Gasteiger partial charge in [-0.15, -0.1) is 0 Å². The Morgan fingerprint density at radius 1 is 1.30 bits per heavy atom. The predicted octanol–water partition coefficient (Wildman–Crippen LogP) is 1.76. The molecule has 0 bridgehead atoms. The van der Waals surface area contributed by atoms with Gasteiger partial charge in [-0.1, -0.05) is 6.07 Å². The Morgan fingerprint density at radius 3 is 2.83 bits per heavy atom. The normalized spacial score (nSPS) is 22.0. The Bertz CT molecular complexity index is 564. The molecular weight excluding hydrogens is 301 g/mol. The van der Waals surface area contributed by atoms with Crippen molar-refractivity contribution in [1.82, 2.24) is 10.2 Å². The van der Waals surface area contributed by atoms with E-state index in [9.17, 15) is 9.18 Å². The first-order valence-electron chi connectivity index (χ1n) is 8.04. The van der Waals surface area contributed by atoms with E-state index in [2.05, 4.69) is 10.2 Å². The molecule has 1 aromatic rings. The van der Waals surface area contributed by atoms with Crippen molar-refractivity contribution >= 4 is 11.8 Å². The van der Waals surface area contributed by atoms with E-state index in [0.717, 1.165) is 44.7 Å². The van der Waals surface area contributed by atoms with Crippen LogP contribution in [0.25, 0.3) is 0 Å². The quantitative estimate of drug-likeness (QED) is 0.887. The average Bonchev–Trinajstić information content (AvgIpc) is 2.58. The minimum absolute atomic E-state index is 0.242. The van der Waals surface area contributed by atoms with Crippen LogP contribution >= 0.6 is 0 Å². The van der Waals surface area contributed by atoms with Gasteiger partial charge < -0.3 is 25.0 Å². The number of piperidine rings is 1. The van der Waals surface area contributed by atoms with E-state index >= 15 is 0 Å². The molecule has 0 spiro atoms. The van der Waals surface area contributed by atoms with Gasteiger partial charge >= 0.3 is 6.09 Å². The van der Waals surface area contributed by atoms with Gasteiger partial charge in [0.15, 0.2) is 11.6 Å². The lowest BCUT2D eigenvalue weighted by atomic mass is 10.1. The molecule has 2 saturated heterocycles. The molecule has 1 amide bonds. The highest BCUT2D eigenvalue weighted by Crippen LogP contribution is 2.33. The third-order valence-electron chi connectivity index (χ3n) is 4.34. The average molecular weight is 323 g/mol. The highest BCUT2D eigenvalue weighted by atomic mass is 19.1. The van der Waals surface area contributed by atoms with Gasteiger partial charge in [-0.2, -0.15) is 0 Å². The molecular formula is C16H22FN3O3. The second-order valence-electron chi connectivity index (χ2n) is 5.94. The van der Waals surface area contributed by atoms with Crippen LogP contribution in [0.1, 0.15) is 12.8 Å². The number of benzene rings is 1. The fourth-order valence-corrected chi connectivity index (χ4v) is 3.14. The first-order valence-corrected chi connectivity index (χ1v) is 8.04. The molecule has 0 radical (unpaired) electrons. The molecule has 0 aliphatic carbocycles. The fourth-order valence-electron chi connectivity index (χ4n) is 3.14. The zero-order valence-corrected chi connectivity index (χ0v) is 13.0. The van der Waals surface area contributed by atoms with Crippen LogP contribution in [0.3, 0.4) is 0 Å². The van der Waals surface area contributed by atoms with Gasteiger partial charge in [0.25, 0.3) is 0 Å². The zero-order valence-electron chi connectivity index (χ0n) is 13.0. The van der Waals surface area contributed by atoms with E-state index in [1.54, 1.807) is 6.07 Å². The van der Waals surface area contributed by atoms with Crippen LogP contribution in [0.4, 0.5) is 14.9 Å². The first kappa shape index (κ1) is 15.9. The predicted molar refractivity (Wildman–Crippen MR) is 84.7 cm³/mol. The summed E-state index contributed by atoms with van der Waals surface area (Å²) in [5, 5.41) is 12.4. The molecule has 0 saturated carbocycles. The third-order valence-corrected chi connectivity index (χ3v) is 4.34. The zero-order chi connectivity index (χ0) is 16.2. The summed E-state index contributed by atoms with van der Waals surface area (Å²) in [5.41, 5.74) is 0.749. The molecule has 1 unspecified atom stereocenters. The molecule has 2 aliphatic rings. The van der Waals surface area contributed by atoms with Gasteiger partial charge in [0.2, 0.25) is 0 Å². The van der Waals surface area contributed by atoms with Crippen LogP contribution in [0.5, 0.6) is 5.75 Å². The number of nitrogens with zero attached hydrogens (tertiary/aromatic N) is 2. The molecule has 2 aliphatic heterocycles. The number of hydrogen-bond acceptors (Lipinski definition) is 4. The third kappa shape index (κ3) is 3.67. The molecule has 6 nitrogen and oxygen atoms in total. The molecule has 3 rings (SSSR count). The van der Waals surface area contributed by atoms with Crippen molar-refractivity contribution in [2.75, 3.05) is 44.2 Å². The number of likely N-dealkylation sites (tertiary alicyclic amines) is 1. The Labute approximate surface area is 134 Å². The summed E-state index contributed by atoms with van der Waals surface area (Å²) in [4.78, 5) is 14.6. The summed E-state index contributed by atoms with van der Waals surface area (Å²) >= 11 is 0. The number of halogens is 1. The SMILES string of the molecule is O=C(O)N1CCCC(Oc2c(F)cccc2N2CCNCC2)C1.